The Morgan fingerprint density at radius 1 is 0.953 bits per heavy atom. The summed E-state index contributed by atoms with van der Waals surface area (Å²) in [7, 11) is 3.17. The van der Waals surface area contributed by atoms with Crippen LogP contribution in [0.25, 0.3) is 22.2 Å². The molecule has 7 rings (SSSR count). The molecule has 7 nitrogen and oxygen atoms in total. The number of carbonyl (C=O) groups is 2. The molecule has 0 radical (unpaired) electrons. The first-order valence-corrected chi connectivity index (χ1v) is 16.3. The van der Waals surface area contributed by atoms with Gasteiger partial charge in [-0.05, 0) is 62.8 Å². The van der Waals surface area contributed by atoms with Gasteiger partial charge in [0.05, 0.1) is 30.9 Å². The summed E-state index contributed by atoms with van der Waals surface area (Å²) in [4.78, 5) is 29.4. The predicted molar refractivity (Wildman–Crippen MR) is 171 cm³/mol. The number of esters is 1. The Morgan fingerprint density at radius 3 is 2.35 bits per heavy atom. The van der Waals surface area contributed by atoms with Gasteiger partial charge in [0.2, 0.25) is 5.91 Å². The molecule has 1 saturated heterocycles. The van der Waals surface area contributed by atoms with Crippen LogP contribution in [0.15, 0.2) is 36.4 Å². The first kappa shape index (κ1) is 29.7. The van der Waals surface area contributed by atoms with E-state index in [0.29, 0.717) is 18.0 Å². The number of aromatic nitrogens is 1. The third-order valence-electron chi connectivity index (χ3n) is 10.2. The second-order valence-corrected chi connectivity index (χ2v) is 12.9. The largest absolute Gasteiger partial charge is 0.496 e. The lowest BCUT2D eigenvalue weighted by molar-refractivity contribution is -0.139. The highest BCUT2D eigenvalue weighted by Crippen LogP contribution is 2.67. The molecule has 0 bridgehead atoms. The van der Waals surface area contributed by atoms with Gasteiger partial charge in [0.1, 0.15) is 5.75 Å². The molecule has 3 heterocycles. The second kappa shape index (κ2) is 11.6. The molecule has 4 atom stereocenters. The van der Waals surface area contributed by atoms with Crippen LogP contribution in [0.1, 0.15) is 99.5 Å². The fraction of sp³-hybridized carbons (Fsp3) is 0.556. The topological polar surface area (TPSA) is 72.8 Å². The van der Waals surface area contributed by atoms with Crippen molar-refractivity contribution < 1.29 is 19.1 Å². The maximum atomic E-state index is 14.6. The molecular weight excluding hydrogens is 538 g/mol. The Labute approximate surface area is 255 Å². The van der Waals surface area contributed by atoms with Crippen LogP contribution < -0.4 is 10.1 Å². The average Bonchev–Trinajstić information content (AvgIpc) is 3.70. The van der Waals surface area contributed by atoms with Gasteiger partial charge in [-0.15, -0.1) is 0 Å². The highest BCUT2D eigenvalue weighted by atomic mass is 16.5. The molecule has 0 spiro atoms. The standard InChI is InChI=1S/C34H41N3O4.C2H6/c1-20-17-36(18-21(2)35-20)33(39)34-16-26(34)30-25(11-8-12-28(30)40-3)31-29(22-9-6-5-7-10-22)24-14-13-23(32(38)41-4)15-27(24)37(31)19-34;1-2/h8,11-15,20-22,26,35H,5-7,9-10,16-19H2,1-4H3;1-2H3/t20-,21+,26?,34?;. The normalized spacial score (nSPS) is 26.3. The molecule has 4 aliphatic rings. The van der Waals surface area contributed by atoms with Crippen LogP contribution in [0, 0.1) is 5.41 Å². The third-order valence-corrected chi connectivity index (χ3v) is 10.2. The van der Waals surface area contributed by atoms with Crippen molar-refractivity contribution in [3.63, 3.8) is 0 Å². The van der Waals surface area contributed by atoms with E-state index in [4.69, 9.17) is 9.47 Å². The van der Waals surface area contributed by atoms with Crippen molar-refractivity contribution >= 4 is 22.8 Å². The Balaban J connectivity index is 0.00000161. The first-order chi connectivity index (χ1) is 20.9. The van der Waals surface area contributed by atoms with Crippen LogP contribution in [0.2, 0.25) is 0 Å². The summed E-state index contributed by atoms with van der Waals surface area (Å²) in [6.45, 7) is 10.4. The molecule has 3 aromatic rings. The highest BCUT2D eigenvalue weighted by molar-refractivity contribution is 6.00. The van der Waals surface area contributed by atoms with Gasteiger partial charge in [-0.25, -0.2) is 4.79 Å². The number of hydrogen-bond donors (Lipinski definition) is 1. The number of benzene rings is 2. The highest BCUT2D eigenvalue weighted by Gasteiger charge is 2.64. The number of nitrogens with zero attached hydrogens (tertiary/aromatic N) is 2. The van der Waals surface area contributed by atoms with Gasteiger partial charge in [-0.2, -0.15) is 0 Å². The van der Waals surface area contributed by atoms with E-state index in [1.165, 1.54) is 54.1 Å². The van der Waals surface area contributed by atoms with Gasteiger partial charge in [-0.3, -0.25) is 4.79 Å². The Morgan fingerprint density at radius 2 is 1.67 bits per heavy atom. The molecular formula is C36H47N3O4. The van der Waals surface area contributed by atoms with Crippen molar-refractivity contribution in [1.82, 2.24) is 14.8 Å². The number of rotatable bonds is 4. The van der Waals surface area contributed by atoms with Gasteiger partial charge in [0.25, 0.3) is 0 Å². The fourth-order valence-electron chi connectivity index (χ4n) is 8.42. The van der Waals surface area contributed by atoms with Gasteiger partial charge < -0.3 is 24.3 Å². The minimum absolute atomic E-state index is 0.0968. The molecule has 43 heavy (non-hydrogen) atoms. The lowest BCUT2D eigenvalue weighted by atomic mass is 9.81. The zero-order valence-corrected chi connectivity index (χ0v) is 26.7. The van der Waals surface area contributed by atoms with Gasteiger partial charge in [0.15, 0.2) is 0 Å². The molecule has 2 aliphatic carbocycles. The molecule has 2 aliphatic heterocycles. The number of methoxy groups -OCH3 is 2. The molecule has 1 aromatic heterocycles. The molecule has 3 fully saturated rings. The van der Waals surface area contributed by atoms with Crippen LogP contribution in [-0.4, -0.2) is 60.7 Å². The molecule has 230 valence electrons. The van der Waals surface area contributed by atoms with Gasteiger partial charge in [0, 0.05) is 59.7 Å². The van der Waals surface area contributed by atoms with Crippen LogP contribution in [-0.2, 0) is 16.1 Å². The Kier molecular flexibility index (Phi) is 8.05. The van der Waals surface area contributed by atoms with E-state index in [1.807, 2.05) is 26.0 Å². The van der Waals surface area contributed by atoms with Crippen LogP contribution in [0.5, 0.6) is 5.75 Å². The molecule has 7 heteroatoms. The zero-order chi connectivity index (χ0) is 30.5. The summed E-state index contributed by atoms with van der Waals surface area (Å²) < 4.78 is 13.5. The SMILES string of the molecule is CC.COC(=O)c1ccc2c(C3CCCCC3)c3n(c2c1)CC1(C(=O)N2C[C@@H](C)N[C@@H](C)C2)CC1c1c(OC)cccc1-3. The van der Waals surface area contributed by atoms with Crippen molar-refractivity contribution in [3.05, 3.63) is 53.1 Å². The van der Waals surface area contributed by atoms with Crippen molar-refractivity contribution in [3.8, 4) is 17.0 Å². The van der Waals surface area contributed by atoms with E-state index >= 15 is 0 Å². The van der Waals surface area contributed by atoms with Gasteiger partial charge >= 0.3 is 5.97 Å². The van der Waals surface area contributed by atoms with E-state index in [9.17, 15) is 9.59 Å². The molecule has 1 amide bonds. The number of ether oxygens (including phenoxy) is 2. The number of nitrogens with one attached hydrogen (secondary N) is 1. The van der Waals surface area contributed by atoms with Crippen molar-refractivity contribution in [1.29, 1.82) is 0 Å². The van der Waals surface area contributed by atoms with Gasteiger partial charge in [-0.1, -0.05) is 51.3 Å². The number of carbonyl (C=O) groups excluding carboxylic acids is 2. The Bertz CT molecular complexity index is 1530. The second-order valence-electron chi connectivity index (χ2n) is 12.9. The van der Waals surface area contributed by atoms with Crippen molar-refractivity contribution in [2.45, 2.75) is 96.7 Å². The summed E-state index contributed by atoms with van der Waals surface area (Å²) in [5.41, 5.74) is 5.97. The molecule has 2 aromatic carbocycles. The van der Waals surface area contributed by atoms with Crippen molar-refractivity contribution in [2.24, 2.45) is 5.41 Å². The first-order valence-electron chi connectivity index (χ1n) is 16.3. The monoisotopic (exact) mass is 585 g/mol. The van der Waals surface area contributed by atoms with E-state index in [0.717, 1.165) is 43.6 Å². The van der Waals surface area contributed by atoms with E-state index < -0.39 is 5.41 Å². The summed E-state index contributed by atoms with van der Waals surface area (Å²) in [5.74, 6) is 1.32. The average molecular weight is 586 g/mol. The quantitative estimate of drug-likeness (QED) is 0.338. The molecule has 2 unspecified atom stereocenters. The zero-order valence-electron chi connectivity index (χ0n) is 26.7. The van der Waals surface area contributed by atoms with Crippen LogP contribution in [0.3, 0.4) is 0 Å². The minimum Gasteiger partial charge on any atom is -0.496 e. The lowest BCUT2D eigenvalue weighted by Gasteiger charge is -2.38. The fourth-order valence-corrected chi connectivity index (χ4v) is 8.42. The predicted octanol–water partition coefficient (Wildman–Crippen LogP) is 6.87. The van der Waals surface area contributed by atoms with Crippen LogP contribution in [0.4, 0.5) is 0 Å². The summed E-state index contributed by atoms with van der Waals surface area (Å²) in [6.07, 6.45) is 6.87. The summed E-state index contributed by atoms with van der Waals surface area (Å²) in [6, 6.07) is 12.9. The third kappa shape index (κ3) is 4.84. The van der Waals surface area contributed by atoms with E-state index in [1.54, 1.807) is 7.11 Å². The smallest absolute Gasteiger partial charge is 0.337 e. The summed E-state index contributed by atoms with van der Waals surface area (Å²) >= 11 is 0. The number of hydrogen-bond acceptors (Lipinski definition) is 5. The minimum atomic E-state index is -0.539. The van der Waals surface area contributed by atoms with Crippen LogP contribution >= 0.6 is 0 Å². The van der Waals surface area contributed by atoms with E-state index in [-0.39, 0.29) is 29.9 Å². The maximum absolute atomic E-state index is 14.6. The summed E-state index contributed by atoms with van der Waals surface area (Å²) in [5, 5.41) is 4.77. The number of piperazine rings is 1. The lowest BCUT2D eigenvalue weighted by Crippen LogP contribution is -2.57. The molecule has 1 N–H and O–H groups in total. The number of fused-ring (bicyclic) bond motifs is 7. The van der Waals surface area contributed by atoms with Crippen molar-refractivity contribution in [2.75, 3.05) is 27.3 Å². The number of amides is 1. The maximum Gasteiger partial charge on any atom is 0.337 e. The van der Waals surface area contributed by atoms with E-state index in [2.05, 4.69) is 52.9 Å². The Hall–Kier alpha value is -3.32. The molecule has 2 saturated carbocycles.